The third kappa shape index (κ3) is 4.38. The number of hydrogen-bond donors (Lipinski definition) is 1. The van der Waals surface area contributed by atoms with Crippen LogP contribution in [-0.2, 0) is 0 Å². The van der Waals surface area contributed by atoms with Crippen LogP contribution >= 0.6 is 15.9 Å². The summed E-state index contributed by atoms with van der Waals surface area (Å²) in [4.78, 5) is 18.2. The van der Waals surface area contributed by atoms with E-state index in [2.05, 4.69) is 51.9 Å². The Morgan fingerprint density at radius 2 is 2.11 bits per heavy atom. The highest BCUT2D eigenvalue weighted by molar-refractivity contribution is 9.10. The second kappa shape index (κ2) is 7.48. The topological polar surface area (TPSA) is 45.2 Å². The highest BCUT2D eigenvalue weighted by Crippen LogP contribution is 2.09. The lowest BCUT2D eigenvalue weighted by Gasteiger charge is -2.26. The molecule has 1 atom stereocenters. The second-order valence-electron chi connectivity index (χ2n) is 4.17. The van der Waals surface area contributed by atoms with Gasteiger partial charge in [-0.1, -0.05) is 13.8 Å². The number of nitrogens with zero attached hydrogens (tertiary/aromatic N) is 2. The summed E-state index contributed by atoms with van der Waals surface area (Å²) in [5.74, 6) is -0.0807. The van der Waals surface area contributed by atoms with Gasteiger partial charge in [-0.15, -0.1) is 0 Å². The molecule has 5 heteroatoms. The van der Waals surface area contributed by atoms with E-state index in [1.54, 1.807) is 18.5 Å². The zero-order chi connectivity index (χ0) is 13.5. The molecule has 0 unspecified atom stereocenters. The molecule has 0 bridgehead atoms. The van der Waals surface area contributed by atoms with Crippen molar-refractivity contribution in [3.63, 3.8) is 0 Å². The molecular weight excluding hydrogens is 294 g/mol. The summed E-state index contributed by atoms with van der Waals surface area (Å²) >= 11 is 3.31. The van der Waals surface area contributed by atoms with E-state index in [4.69, 9.17) is 0 Å². The number of pyridine rings is 1. The average molecular weight is 314 g/mol. The predicted octanol–water partition coefficient (Wildman–Crippen LogP) is 2.30. The van der Waals surface area contributed by atoms with Gasteiger partial charge >= 0.3 is 0 Å². The molecule has 0 fully saturated rings. The summed E-state index contributed by atoms with van der Waals surface area (Å²) in [6.07, 6.45) is 3.23. The van der Waals surface area contributed by atoms with Gasteiger partial charge in [-0.05, 0) is 42.0 Å². The maximum atomic E-state index is 11.9. The summed E-state index contributed by atoms with van der Waals surface area (Å²) < 4.78 is 0.812. The summed E-state index contributed by atoms with van der Waals surface area (Å²) in [5, 5.41) is 2.93. The first kappa shape index (κ1) is 15.1. The van der Waals surface area contributed by atoms with Crippen molar-refractivity contribution >= 4 is 21.8 Å². The van der Waals surface area contributed by atoms with E-state index >= 15 is 0 Å². The van der Waals surface area contributed by atoms with Gasteiger partial charge in [0.15, 0.2) is 0 Å². The standard InChI is InChI=1S/C13H20BrN3O/c1-4-17(5-2)10(3)7-16-13(18)11-6-12(14)9-15-8-11/h6,8-10H,4-5,7H2,1-3H3,(H,16,18)/t10-/m0/s1. The highest BCUT2D eigenvalue weighted by atomic mass is 79.9. The van der Waals surface area contributed by atoms with Gasteiger partial charge in [-0.2, -0.15) is 0 Å². The molecule has 100 valence electrons. The highest BCUT2D eigenvalue weighted by Gasteiger charge is 2.12. The van der Waals surface area contributed by atoms with Gasteiger partial charge in [0.1, 0.15) is 0 Å². The third-order valence-corrected chi connectivity index (χ3v) is 3.39. The van der Waals surface area contributed by atoms with Crippen molar-refractivity contribution in [2.24, 2.45) is 0 Å². The minimum Gasteiger partial charge on any atom is -0.350 e. The zero-order valence-corrected chi connectivity index (χ0v) is 12.7. The fourth-order valence-corrected chi connectivity index (χ4v) is 2.22. The van der Waals surface area contributed by atoms with E-state index in [1.165, 1.54) is 0 Å². The van der Waals surface area contributed by atoms with Gasteiger partial charge in [0.25, 0.3) is 5.91 Å². The average Bonchev–Trinajstić information content (AvgIpc) is 2.37. The fraction of sp³-hybridized carbons (Fsp3) is 0.538. The van der Waals surface area contributed by atoms with Crippen molar-refractivity contribution in [3.8, 4) is 0 Å². The van der Waals surface area contributed by atoms with E-state index in [1.807, 2.05) is 0 Å². The molecule has 0 saturated heterocycles. The normalized spacial score (nSPS) is 12.5. The Balaban J connectivity index is 2.51. The maximum absolute atomic E-state index is 11.9. The number of aromatic nitrogens is 1. The number of nitrogens with one attached hydrogen (secondary N) is 1. The molecule has 0 radical (unpaired) electrons. The Kier molecular flexibility index (Phi) is 6.29. The number of hydrogen-bond acceptors (Lipinski definition) is 3. The Morgan fingerprint density at radius 3 is 2.67 bits per heavy atom. The van der Waals surface area contributed by atoms with Crippen LogP contribution in [0.2, 0.25) is 0 Å². The van der Waals surface area contributed by atoms with Crippen LogP contribution in [0.15, 0.2) is 22.9 Å². The summed E-state index contributed by atoms with van der Waals surface area (Å²) in [5.41, 5.74) is 0.580. The van der Waals surface area contributed by atoms with Crippen LogP contribution in [0.1, 0.15) is 31.1 Å². The van der Waals surface area contributed by atoms with E-state index in [-0.39, 0.29) is 5.91 Å². The van der Waals surface area contributed by atoms with Crippen molar-refractivity contribution < 1.29 is 4.79 Å². The van der Waals surface area contributed by atoms with E-state index in [0.717, 1.165) is 17.6 Å². The van der Waals surface area contributed by atoms with Crippen LogP contribution < -0.4 is 5.32 Å². The minimum absolute atomic E-state index is 0.0807. The Bertz CT molecular complexity index is 394. The first-order chi connectivity index (χ1) is 8.58. The number of carbonyl (C=O) groups is 1. The molecular formula is C13H20BrN3O. The van der Waals surface area contributed by atoms with Gasteiger partial charge < -0.3 is 5.32 Å². The van der Waals surface area contributed by atoms with Gasteiger partial charge in [0.05, 0.1) is 5.56 Å². The van der Waals surface area contributed by atoms with E-state index < -0.39 is 0 Å². The van der Waals surface area contributed by atoms with Crippen molar-refractivity contribution in [2.75, 3.05) is 19.6 Å². The molecule has 0 aromatic carbocycles. The molecule has 0 aliphatic carbocycles. The Morgan fingerprint density at radius 1 is 1.44 bits per heavy atom. The molecule has 0 saturated carbocycles. The molecule has 0 spiro atoms. The van der Waals surface area contributed by atoms with Crippen molar-refractivity contribution in [1.29, 1.82) is 0 Å². The number of carbonyl (C=O) groups excluding carboxylic acids is 1. The first-order valence-electron chi connectivity index (χ1n) is 6.21. The molecule has 1 aromatic rings. The van der Waals surface area contributed by atoms with Crippen molar-refractivity contribution in [2.45, 2.75) is 26.8 Å². The molecule has 0 aliphatic rings. The summed E-state index contributed by atoms with van der Waals surface area (Å²) in [7, 11) is 0. The monoisotopic (exact) mass is 313 g/mol. The lowest BCUT2D eigenvalue weighted by Crippen LogP contribution is -2.42. The fourth-order valence-electron chi connectivity index (χ4n) is 1.85. The predicted molar refractivity (Wildman–Crippen MR) is 76.7 cm³/mol. The lowest BCUT2D eigenvalue weighted by atomic mass is 10.2. The molecule has 18 heavy (non-hydrogen) atoms. The molecule has 1 rings (SSSR count). The number of halogens is 1. The van der Waals surface area contributed by atoms with E-state index in [9.17, 15) is 4.79 Å². The van der Waals surface area contributed by atoms with Gasteiger partial charge in [0, 0.05) is 29.5 Å². The molecule has 1 amide bonds. The number of rotatable bonds is 6. The third-order valence-electron chi connectivity index (χ3n) is 2.96. The van der Waals surface area contributed by atoms with Crippen molar-refractivity contribution in [1.82, 2.24) is 15.2 Å². The molecule has 1 aromatic heterocycles. The van der Waals surface area contributed by atoms with Crippen LogP contribution in [0.3, 0.4) is 0 Å². The minimum atomic E-state index is -0.0807. The number of amides is 1. The van der Waals surface area contributed by atoms with Crippen LogP contribution in [0.25, 0.3) is 0 Å². The zero-order valence-electron chi connectivity index (χ0n) is 11.1. The van der Waals surface area contributed by atoms with Gasteiger partial charge in [0.2, 0.25) is 0 Å². The van der Waals surface area contributed by atoms with Gasteiger partial charge in [-0.25, -0.2) is 0 Å². The molecule has 4 nitrogen and oxygen atoms in total. The lowest BCUT2D eigenvalue weighted by molar-refractivity contribution is 0.0937. The Labute approximate surface area is 117 Å². The van der Waals surface area contributed by atoms with Crippen LogP contribution in [-0.4, -0.2) is 41.5 Å². The number of likely N-dealkylation sites (N-methyl/N-ethyl adjacent to an activating group) is 1. The first-order valence-corrected chi connectivity index (χ1v) is 7.00. The molecule has 0 aliphatic heterocycles. The van der Waals surface area contributed by atoms with Crippen LogP contribution in [0.5, 0.6) is 0 Å². The largest absolute Gasteiger partial charge is 0.350 e. The smallest absolute Gasteiger partial charge is 0.252 e. The van der Waals surface area contributed by atoms with Gasteiger partial charge in [-0.3, -0.25) is 14.7 Å². The molecule has 1 N–H and O–H groups in total. The second-order valence-corrected chi connectivity index (χ2v) is 5.09. The molecule has 1 heterocycles. The summed E-state index contributed by atoms with van der Waals surface area (Å²) in [6, 6.07) is 2.11. The van der Waals surface area contributed by atoms with E-state index in [0.29, 0.717) is 18.2 Å². The Hall–Kier alpha value is -0.940. The van der Waals surface area contributed by atoms with Crippen molar-refractivity contribution in [3.05, 3.63) is 28.5 Å². The summed E-state index contributed by atoms with van der Waals surface area (Å²) in [6.45, 7) is 9.00. The maximum Gasteiger partial charge on any atom is 0.252 e. The quantitative estimate of drug-likeness (QED) is 0.876. The van der Waals surface area contributed by atoms with Crippen LogP contribution in [0.4, 0.5) is 0 Å². The van der Waals surface area contributed by atoms with Crippen LogP contribution in [0, 0.1) is 0 Å². The SMILES string of the molecule is CCN(CC)[C@@H](C)CNC(=O)c1cncc(Br)c1.